The summed E-state index contributed by atoms with van der Waals surface area (Å²) >= 11 is 10.1. The van der Waals surface area contributed by atoms with Crippen LogP contribution in [0.2, 0.25) is 5.02 Å². The maximum atomic E-state index is 11.4. The second-order valence-electron chi connectivity index (χ2n) is 5.96. The van der Waals surface area contributed by atoms with E-state index in [1.54, 1.807) is 0 Å². The Morgan fingerprint density at radius 1 is 1.50 bits per heavy atom. The average Bonchev–Trinajstić information content (AvgIpc) is 2.75. The second kappa shape index (κ2) is 3.97. The Morgan fingerprint density at radius 3 is 2.78 bits per heavy atom. The van der Waals surface area contributed by atoms with E-state index in [1.165, 1.54) is 6.42 Å². The normalized spacial score (nSPS) is 25.6. The van der Waals surface area contributed by atoms with Crippen LogP contribution in [0.1, 0.15) is 36.2 Å². The van der Waals surface area contributed by atoms with Crippen LogP contribution in [-0.2, 0) is 11.2 Å². The summed E-state index contributed by atoms with van der Waals surface area (Å²) in [6, 6.07) is 3.95. The van der Waals surface area contributed by atoms with Crippen LogP contribution in [0, 0.1) is 11.3 Å². The molecular weight excluding hydrogens is 314 g/mol. The lowest BCUT2D eigenvalue weighted by molar-refractivity contribution is -0.115. The SMILES string of the molecule is CC1(C)CC1C(Br)c1cc2c(cc1Cl)NC(=O)C2. The van der Waals surface area contributed by atoms with Crippen LogP contribution in [0.5, 0.6) is 0 Å². The number of carbonyl (C=O) groups is 1. The molecule has 0 bridgehead atoms. The molecule has 2 nitrogen and oxygen atoms in total. The van der Waals surface area contributed by atoms with E-state index in [2.05, 4.69) is 41.2 Å². The predicted octanol–water partition coefficient (Wildman–Crippen LogP) is 4.32. The van der Waals surface area contributed by atoms with Crippen LogP contribution in [0.3, 0.4) is 0 Å². The third kappa shape index (κ3) is 1.97. The summed E-state index contributed by atoms with van der Waals surface area (Å²) in [6.07, 6.45) is 1.68. The second-order valence-corrected chi connectivity index (χ2v) is 7.35. The summed E-state index contributed by atoms with van der Waals surface area (Å²) in [4.78, 5) is 11.7. The van der Waals surface area contributed by atoms with Gasteiger partial charge in [-0.05, 0) is 34.9 Å². The maximum absolute atomic E-state index is 11.4. The van der Waals surface area contributed by atoms with Crippen LogP contribution in [-0.4, -0.2) is 5.91 Å². The molecule has 2 unspecified atom stereocenters. The fourth-order valence-corrected chi connectivity index (χ4v) is 4.40. The smallest absolute Gasteiger partial charge is 0.228 e. The molecule has 0 aromatic heterocycles. The summed E-state index contributed by atoms with van der Waals surface area (Å²) in [5.74, 6) is 0.675. The lowest BCUT2D eigenvalue weighted by atomic mass is 10.00. The number of alkyl halides is 1. The molecule has 0 spiro atoms. The van der Waals surface area contributed by atoms with Crippen molar-refractivity contribution in [2.45, 2.75) is 31.5 Å². The summed E-state index contributed by atoms with van der Waals surface area (Å²) < 4.78 is 0. The molecule has 2 atom stereocenters. The van der Waals surface area contributed by atoms with Gasteiger partial charge < -0.3 is 5.32 Å². The minimum Gasteiger partial charge on any atom is -0.325 e. The monoisotopic (exact) mass is 327 g/mol. The van der Waals surface area contributed by atoms with Crippen molar-refractivity contribution in [3.8, 4) is 0 Å². The molecule has 0 saturated heterocycles. The summed E-state index contributed by atoms with van der Waals surface area (Å²) in [6.45, 7) is 4.55. The van der Waals surface area contributed by atoms with Gasteiger partial charge in [-0.3, -0.25) is 4.79 Å². The van der Waals surface area contributed by atoms with E-state index in [-0.39, 0.29) is 10.7 Å². The Labute approximate surface area is 120 Å². The van der Waals surface area contributed by atoms with E-state index in [0.29, 0.717) is 17.8 Å². The minimum atomic E-state index is 0.0519. The minimum absolute atomic E-state index is 0.0519. The van der Waals surface area contributed by atoms with Crippen LogP contribution in [0.4, 0.5) is 5.69 Å². The Morgan fingerprint density at radius 2 is 2.17 bits per heavy atom. The summed E-state index contributed by atoms with van der Waals surface area (Å²) in [5, 5.41) is 3.56. The van der Waals surface area contributed by atoms with Gasteiger partial charge in [0, 0.05) is 15.5 Å². The van der Waals surface area contributed by atoms with Crippen LogP contribution >= 0.6 is 27.5 Å². The zero-order valence-electron chi connectivity index (χ0n) is 10.4. The number of amides is 1. The highest BCUT2D eigenvalue weighted by atomic mass is 79.9. The van der Waals surface area contributed by atoms with Gasteiger partial charge in [0.05, 0.1) is 6.42 Å². The standard InChI is InChI=1S/C14H15BrClNO/c1-14(2)6-9(14)13(15)8-3-7-4-12(18)17-11(7)5-10(8)16/h3,5,9,13H,4,6H2,1-2H3,(H,17,18). The molecule has 1 aliphatic heterocycles. The van der Waals surface area contributed by atoms with Crippen molar-refractivity contribution in [3.05, 3.63) is 28.3 Å². The van der Waals surface area contributed by atoms with Gasteiger partial charge in [-0.2, -0.15) is 0 Å². The number of anilines is 1. The molecule has 1 heterocycles. The fourth-order valence-electron chi connectivity index (χ4n) is 2.70. The molecule has 2 aliphatic rings. The highest BCUT2D eigenvalue weighted by Gasteiger charge is 2.50. The largest absolute Gasteiger partial charge is 0.325 e. The van der Waals surface area contributed by atoms with Gasteiger partial charge in [0.25, 0.3) is 0 Å². The molecule has 18 heavy (non-hydrogen) atoms. The number of fused-ring (bicyclic) bond motifs is 1. The van der Waals surface area contributed by atoms with Crippen LogP contribution in [0.15, 0.2) is 12.1 Å². The number of carbonyl (C=O) groups excluding carboxylic acids is 1. The zero-order chi connectivity index (χ0) is 13.1. The van der Waals surface area contributed by atoms with E-state index in [1.807, 2.05) is 6.07 Å². The van der Waals surface area contributed by atoms with Crippen LogP contribution < -0.4 is 5.32 Å². The molecule has 1 aliphatic carbocycles. The molecule has 1 N–H and O–H groups in total. The number of nitrogens with one attached hydrogen (secondary N) is 1. The van der Waals surface area contributed by atoms with Crippen molar-refractivity contribution < 1.29 is 4.79 Å². The van der Waals surface area contributed by atoms with E-state index >= 15 is 0 Å². The first-order valence-corrected chi connectivity index (χ1v) is 7.44. The molecule has 1 aromatic carbocycles. The van der Waals surface area contributed by atoms with E-state index in [9.17, 15) is 4.79 Å². The number of hydrogen-bond acceptors (Lipinski definition) is 1. The number of halogens is 2. The van der Waals surface area contributed by atoms with E-state index in [4.69, 9.17) is 11.6 Å². The van der Waals surface area contributed by atoms with Crippen molar-refractivity contribution >= 4 is 39.1 Å². The van der Waals surface area contributed by atoms with Gasteiger partial charge >= 0.3 is 0 Å². The van der Waals surface area contributed by atoms with Crippen molar-refractivity contribution in [1.82, 2.24) is 0 Å². The van der Waals surface area contributed by atoms with Crippen molar-refractivity contribution in [1.29, 1.82) is 0 Å². The first kappa shape index (κ1) is 12.5. The molecule has 0 radical (unpaired) electrons. The maximum Gasteiger partial charge on any atom is 0.228 e. The van der Waals surface area contributed by atoms with E-state index in [0.717, 1.165) is 21.8 Å². The number of benzene rings is 1. The van der Waals surface area contributed by atoms with Gasteiger partial charge in [0.2, 0.25) is 5.91 Å². The highest BCUT2D eigenvalue weighted by Crippen LogP contribution is 2.61. The Bertz CT molecular complexity index is 541. The first-order valence-electron chi connectivity index (χ1n) is 6.15. The Kier molecular flexibility index (Phi) is 2.76. The molecule has 1 fully saturated rings. The number of hydrogen-bond donors (Lipinski definition) is 1. The third-order valence-electron chi connectivity index (χ3n) is 4.09. The lowest BCUT2D eigenvalue weighted by Crippen LogP contribution is -2.03. The first-order chi connectivity index (χ1) is 8.38. The molecule has 96 valence electrons. The number of rotatable bonds is 2. The van der Waals surface area contributed by atoms with Crippen molar-refractivity contribution in [2.24, 2.45) is 11.3 Å². The third-order valence-corrected chi connectivity index (χ3v) is 5.55. The lowest BCUT2D eigenvalue weighted by Gasteiger charge is -2.15. The van der Waals surface area contributed by atoms with Gasteiger partial charge in [0.15, 0.2) is 0 Å². The highest BCUT2D eigenvalue weighted by molar-refractivity contribution is 9.09. The predicted molar refractivity (Wildman–Crippen MR) is 77.3 cm³/mol. The van der Waals surface area contributed by atoms with Crippen LogP contribution in [0.25, 0.3) is 0 Å². The van der Waals surface area contributed by atoms with Gasteiger partial charge in [-0.1, -0.05) is 47.4 Å². The van der Waals surface area contributed by atoms with Gasteiger partial charge in [-0.15, -0.1) is 0 Å². The quantitative estimate of drug-likeness (QED) is 0.805. The molecule has 1 saturated carbocycles. The molecule has 4 heteroatoms. The molecule has 1 amide bonds. The zero-order valence-corrected chi connectivity index (χ0v) is 12.7. The van der Waals surface area contributed by atoms with Gasteiger partial charge in [0.1, 0.15) is 0 Å². The van der Waals surface area contributed by atoms with Crippen molar-refractivity contribution in [2.75, 3.05) is 5.32 Å². The topological polar surface area (TPSA) is 29.1 Å². The Hall–Kier alpha value is -0.540. The van der Waals surface area contributed by atoms with Crippen molar-refractivity contribution in [3.63, 3.8) is 0 Å². The average molecular weight is 329 g/mol. The molecule has 3 rings (SSSR count). The summed E-state index contributed by atoms with van der Waals surface area (Å²) in [7, 11) is 0. The Balaban J connectivity index is 1.94. The molecule has 1 aromatic rings. The fraction of sp³-hybridized carbons (Fsp3) is 0.500. The summed E-state index contributed by atoms with van der Waals surface area (Å²) in [5.41, 5.74) is 3.43. The van der Waals surface area contributed by atoms with E-state index < -0.39 is 0 Å². The van der Waals surface area contributed by atoms with Gasteiger partial charge in [-0.25, -0.2) is 0 Å². The molecular formula is C14H15BrClNO.